The lowest BCUT2D eigenvalue weighted by molar-refractivity contribution is -0.137. The molecule has 0 saturated heterocycles. The highest BCUT2D eigenvalue weighted by Gasteiger charge is 2.12. The summed E-state index contributed by atoms with van der Waals surface area (Å²) in [5.41, 5.74) is 0.940. The first-order chi connectivity index (χ1) is 7.63. The van der Waals surface area contributed by atoms with Crippen molar-refractivity contribution in [3.63, 3.8) is 0 Å². The van der Waals surface area contributed by atoms with Crippen LogP contribution in [0.15, 0.2) is 24.3 Å². The van der Waals surface area contributed by atoms with E-state index in [1.54, 1.807) is 7.11 Å². The van der Waals surface area contributed by atoms with E-state index in [9.17, 15) is 4.79 Å². The molecule has 0 amide bonds. The number of hydrogen-bond donors (Lipinski definition) is 1. The Morgan fingerprint density at radius 2 is 2.06 bits per heavy atom. The molecule has 0 aliphatic rings. The molecule has 0 saturated carbocycles. The normalized spacial score (nSPS) is 12.1. The van der Waals surface area contributed by atoms with Crippen LogP contribution in [0, 0.1) is 0 Å². The first kappa shape index (κ1) is 12.8. The third kappa shape index (κ3) is 4.08. The quantitative estimate of drug-likeness (QED) is 0.777. The number of methoxy groups -OCH3 is 1. The second-order valence-corrected chi connectivity index (χ2v) is 3.70. The first-order valence-electron chi connectivity index (χ1n) is 4.71. The van der Waals surface area contributed by atoms with Crippen LogP contribution in [0.25, 0.3) is 0 Å². The van der Waals surface area contributed by atoms with Gasteiger partial charge in [0.15, 0.2) is 5.38 Å². The van der Waals surface area contributed by atoms with E-state index >= 15 is 0 Å². The molecule has 4 nitrogen and oxygen atoms in total. The number of halogens is 1. The molecule has 0 radical (unpaired) electrons. The Bertz CT molecular complexity index is 336. The molecule has 5 heteroatoms. The monoisotopic (exact) mass is 244 g/mol. The molecule has 0 heterocycles. The molecule has 0 fully saturated rings. The van der Waals surface area contributed by atoms with Crippen LogP contribution in [0.5, 0.6) is 5.75 Å². The van der Waals surface area contributed by atoms with Gasteiger partial charge in [0, 0.05) is 0 Å². The second kappa shape index (κ2) is 6.35. The molecule has 0 bridgehead atoms. The van der Waals surface area contributed by atoms with Gasteiger partial charge < -0.3 is 14.6 Å². The molecule has 0 spiro atoms. The zero-order valence-electron chi connectivity index (χ0n) is 8.85. The van der Waals surface area contributed by atoms with Gasteiger partial charge >= 0.3 is 5.97 Å². The van der Waals surface area contributed by atoms with Gasteiger partial charge in [-0.05, 0) is 17.7 Å². The van der Waals surface area contributed by atoms with Gasteiger partial charge in [-0.1, -0.05) is 12.1 Å². The van der Waals surface area contributed by atoms with Gasteiger partial charge in [0.25, 0.3) is 0 Å². The largest absolute Gasteiger partial charge is 0.497 e. The lowest BCUT2D eigenvalue weighted by Crippen LogP contribution is -2.19. The van der Waals surface area contributed by atoms with E-state index in [0.29, 0.717) is 6.61 Å². The smallest absolute Gasteiger partial charge is 0.324 e. The number of hydrogen-bond acceptors (Lipinski definition) is 3. The van der Waals surface area contributed by atoms with E-state index in [2.05, 4.69) is 0 Å². The Morgan fingerprint density at radius 1 is 1.44 bits per heavy atom. The van der Waals surface area contributed by atoms with Crippen molar-refractivity contribution in [3.05, 3.63) is 29.8 Å². The van der Waals surface area contributed by atoms with Crippen molar-refractivity contribution in [1.29, 1.82) is 0 Å². The summed E-state index contributed by atoms with van der Waals surface area (Å²) in [4.78, 5) is 10.4. The molecule has 1 aromatic rings. The maximum atomic E-state index is 10.4. The van der Waals surface area contributed by atoms with Crippen molar-refractivity contribution in [2.75, 3.05) is 13.7 Å². The molecule has 1 aromatic carbocycles. The van der Waals surface area contributed by atoms with E-state index < -0.39 is 11.3 Å². The lowest BCUT2D eigenvalue weighted by atomic mass is 10.2. The topological polar surface area (TPSA) is 55.8 Å². The molecule has 1 atom stereocenters. The van der Waals surface area contributed by atoms with Crippen LogP contribution < -0.4 is 4.74 Å². The Balaban J connectivity index is 2.34. The number of alkyl halides is 1. The van der Waals surface area contributed by atoms with Crippen LogP contribution in [0.4, 0.5) is 0 Å². The summed E-state index contributed by atoms with van der Waals surface area (Å²) in [7, 11) is 1.59. The van der Waals surface area contributed by atoms with Crippen molar-refractivity contribution in [2.45, 2.75) is 12.0 Å². The number of carboxylic acids is 1. The number of rotatable bonds is 6. The summed E-state index contributed by atoms with van der Waals surface area (Å²) in [6, 6.07) is 7.33. The molecule has 0 aliphatic carbocycles. The molecule has 1 unspecified atom stereocenters. The minimum Gasteiger partial charge on any atom is -0.497 e. The Labute approximate surface area is 98.7 Å². The second-order valence-electron chi connectivity index (χ2n) is 3.17. The minimum atomic E-state index is -1.07. The summed E-state index contributed by atoms with van der Waals surface area (Å²) in [5, 5.41) is 7.52. The van der Waals surface area contributed by atoms with Crippen molar-refractivity contribution in [3.8, 4) is 5.75 Å². The summed E-state index contributed by atoms with van der Waals surface area (Å²) in [5.74, 6) is -0.305. The van der Waals surface area contributed by atoms with Crippen molar-refractivity contribution in [1.82, 2.24) is 0 Å². The van der Waals surface area contributed by atoms with Gasteiger partial charge in [0.2, 0.25) is 0 Å². The number of carboxylic acid groups (broad SMARTS) is 1. The third-order valence-electron chi connectivity index (χ3n) is 1.96. The maximum Gasteiger partial charge on any atom is 0.324 e. The summed E-state index contributed by atoms with van der Waals surface area (Å²) < 4.78 is 10.2. The molecule has 0 aliphatic heterocycles. The van der Waals surface area contributed by atoms with Gasteiger partial charge in [0.1, 0.15) is 5.75 Å². The van der Waals surface area contributed by atoms with Crippen LogP contribution in [0.2, 0.25) is 0 Å². The maximum absolute atomic E-state index is 10.4. The van der Waals surface area contributed by atoms with E-state index in [1.165, 1.54) is 0 Å². The highest BCUT2D eigenvalue weighted by molar-refractivity contribution is 6.29. The number of benzene rings is 1. The zero-order chi connectivity index (χ0) is 12.0. The Kier molecular flexibility index (Phi) is 5.08. The highest BCUT2D eigenvalue weighted by Crippen LogP contribution is 2.12. The summed E-state index contributed by atoms with van der Waals surface area (Å²) in [6.45, 7) is 0.323. The van der Waals surface area contributed by atoms with Gasteiger partial charge in [0.05, 0.1) is 20.3 Å². The SMILES string of the molecule is COc1ccc(COCC(Cl)C(=O)O)cc1. The van der Waals surface area contributed by atoms with Crippen molar-refractivity contribution in [2.24, 2.45) is 0 Å². The fourth-order valence-corrected chi connectivity index (χ4v) is 1.16. The average molecular weight is 245 g/mol. The molecular formula is C11H13ClO4. The number of ether oxygens (including phenoxy) is 2. The standard InChI is InChI=1S/C11H13ClO4/c1-15-9-4-2-8(3-5-9)6-16-7-10(12)11(13)14/h2-5,10H,6-7H2,1H3,(H,13,14). The predicted octanol–water partition coefficient (Wildman–Crippen LogP) is 1.90. The fraction of sp³-hybridized carbons (Fsp3) is 0.364. The predicted molar refractivity (Wildman–Crippen MR) is 59.9 cm³/mol. The van der Waals surface area contributed by atoms with Crippen LogP contribution in [0.1, 0.15) is 5.56 Å². The molecule has 1 rings (SSSR count). The van der Waals surface area contributed by atoms with Crippen LogP contribution in [-0.4, -0.2) is 30.2 Å². The van der Waals surface area contributed by atoms with E-state index in [0.717, 1.165) is 11.3 Å². The van der Waals surface area contributed by atoms with Gasteiger partial charge in [-0.15, -0.1) is 11.6 Å². The molecule has 1 N–H and O–H groups in total. The summed E-state index contributed by atoms with van der Waals surface area (Å²) >= 11 is 5.49. The van der Waals surface area contributed by atoms with E-state index in [-0.39, 0.29) is 6.61 Å². The first-order valence-corrected chi connectivity index (χ1v) is 5.14. The molecule has 16 heavy (non-hydrogen) atoms. The highest BCUT2D eigenvalue weighted by atomic mass is 35.5. The van der Waals surface area contributed by atoms with E-state index in [4.69, 9.17) is 26.2 Å². The van der Waals surface area contributed by atoms with Crippen molar-refractivity contribution >= 4 is 17.6 Å². The third-order valence-corrected chi connectivity index (χ3v) is 2.27. The van der Waals surface area contributed by atoms with Crippen LogP contribution in [0.3, 0.4) is 0 Å². The zero-order valence-corrected chi connectivity index (χ0v) is 9.61. The molecule has 88 valence electrons. The minimum absolute atomic E-state index is 0.0110. The van der Waals surface area contributed by atoms with Gasteiger partial charge in [-0.25, -0.2) is 0 Å². The van der Waals surface area contributed by atoms with Gasteiger partial charge in [-0.3, -0.25) is 4.79 Å². The average Bonchev–Trinajstić information content (AvgIpc) is 2.29. The van der Waals surface area contributed by atoms with Crippen molar-refractivity contribution < 1.29 is 19.4 Å². The van der Waals surface area contributed by atoms with Gasteiger partial charge in [-0.2, -0.15) is 0 Å². The Hall–Kier alpha value is -1.26. The fourth-order valence-electron chi connectivity index (χ4n) is 1.07. The summed E-state index contributed by atoms with van der Waals surface area (Å²) in [6.07, 6.45) is 0. The number of carbonyl (C=O) groups is 1. The molecular weight excluding hydrogens is 232 g/mol. The van der Waals surface area contributed by atoms with E-state index in [1.807, 2.05) is 24.3 Å². The Morgan fingerprint density at radius 3 is 2.56 bits per heavy atom. The molecule has 0 aromatic heterocycles. The van der Waals surface area contributed by atoms with Crippen LogP contribution in [-0.2, 0) is 16.1 Å². The van der Waals surface area contributed by atoms with Crippen LogP contribution >= 0.6 is 11.6 Å². The lowest BCUT2D eigenvalue weighted by Gasteiger charge is -2.07. The number of aliphatic carboxylic acids is 1.